The lowest BCUT2D eigenvalue weighted by atomic mass is 9.93. The minimum absolute atomic E-state index is 0.226. The lowest BCUT2D eigenvalue weighted by Gasteiger charge is -2.25. The molecule has 2 aromatic heterocycles. The van der Waals surface area contributed by atoms with Crippen molar-refractivity contribution in [3.05, 3.63) is 112 Å². The molecule has 0 saturated heterocycles. The molecule has 39 heavy (non-hydrogen) atoms. The fraction of sp³-hybridized carbons (Fsp3) is 0.233. The summed E-state index contributed by atoms with van der Waals surface area (Å²) in [6, 6.07) is 16.6. The zero-order valence-electron chi connectivity index (χ0n) is 21.8. The summed E-state index contributed by atoms with van der Waals surface area (Å²) in [6.07, 6.45) is 1.70. The molecule has 6 nitrogen and oxygen atoms in total. The van der Waals surface area contributed by atoms with E-state index in [2.05, 4.69) is 34.8 Å². The number of halogens is 2. The zero-order valence-corrected chi connectivity index (χ0v) is 25.0. The molecular weight excluding hydrogens is 600 g/mol. The Morgan fingerprint density at radius 2 is 1.95 bits per heavy atom. The molecule has 0 amide bonds. The monoisotopic (exact) mass is 624 g/mol. The quantitative estimate of drug-likeness (QED) is 0.227. The van der Waals surface area contributed by atoms with E-state index in [1.807, 2.05) is 48.5 Å². The molecule has 0 unspecified atom stereocenters. The van der Waals surface area contributed by atoms with Gasteiger partial charge in [0.2, 0.25) is 0 Å². The van der Waals surface area contributed by atoms with E-state index in [0.717, 1.165) is 15.6 Å². The number of carbonyl (C=O) groups excluding carboxylic acids is 1. The molecule has 3 heterocycles. The normalized spacial score (nSPS) is 15.5. The van der Waals surface area contributed by atoms with Gasteiger partial charge in [-0.05, 0) is 71.1 Å². The van der Waals surface area contributed by atoms with Gasteiger partial charge in [-0.3, -0.25) is 9.36 Å². The van der Waals surface area contributed by atoms with Crippen molar-refractivity contribution in [3.63, 3.8) is 0 Å². The van der Waals surface area contributed by atoms with Gasteiger partial charge >= 0.3 is 5.97 Å². The summed E-state index contributed by atoms with van der Waals surface area (Å²) in [6.45, 7) is 8.01. The van der Waals surface area contributed by atoms with Gasteiger partial charge in [-0.2, -0.15) is 0 Å². The Bertz CT molecular complexity index is 1780. The molecule has 0 N–H and O–H groups in total. The van der Waals surface area contributed by atoms with Crippen LogP contribution in [-0.2, 0) is 9.53 Å². The fourth-order valence-corrected chi connectivity index (χ4v) is 5.99. The topological polar surface area (TPSA) is 73.8 Å². The Kier molecular flexibility index (Phi) is 7.80. The summed E-state index contributed by atoms with van der Waals surface area (Å²) in [5, 5.41) is 0.577. The Hall–Kier alpha value is -3.20. The minimum atomic E-state index is -0.652. The molecule has 0 saturated carbocycles. The van der Waals surface area contributed by atoms with E-state index in [1.165, 1.54) is 16.9 Å². The Labute approximate surface area is 243 Å². The Balaban J connectivity index is 1.62. The molecule has 0 aliphatic carbocycles. The first kappa shape index (κ1) is 27.4. The lowest BCUT2D eigenvalue weighted by molar-refractivity contribution is -0.139. The van der Waals surface area contributed by atoms with Crippen LogP contribution in [0, 0.1) is 0 Å². The van der Waals surface area contributed by atoms with E-state index < -0.39 is 12.0 Å². The largest absolute Gasteiger partial charge is 0.463 e. The smallest absolute Gasteiger partial charge is 0.338 e. The molecule has 9 heteroatoms. The summed E-state index contributed by atoms with van der Waals surface area (Å²) in [5.41, 5.74) is 3.45. The van der Waals surface area contributed by atoms with Crippen LogP contribution in [0.25, 0.3) is 17.4 Å². The standard InChI is InChI=1S/C30H26BrClN2O4S/c1-5-37-29(36)26-17(4)33-30-34(27(26)19-8-6-18(7-9-19)16(2)3)28(35)25(39-30)15-21-11-13-24(38-21)20-10-12-22(31)23(32)14-20/h6-16,27H,5H2,1-4H3/b25-15+/t27-/m0/s1. The molecule has 1 aliphatic heterocycles. The van der Waals surface area contributed by atoms with E-state index in [1.54, 1.807) is 30.6 Å². The highest BCUT2D eigenvalue weighted by molar-refractivity contribution is 9.10. The molecule has 0 fully saturated rings. The number of benzene rings is 2. The van der Waals surface area contributed by atoms with Crippen molar-refractivity contribution in [1.29, 1.82) is 0 Å². The highest BCUT2D eigenvalue weighted by atomic mass is 79.9. The van der Waals surface area contributed by atoms with Crippen LogP contribution >= 0.6 is 38.9 Å². The molecule has 0 radical (unpaired) electrons. The minimum Gasteiger partial charge on any atom is -0.463 e. The number of furan rings is 1. The van der Waals surface area contributed by atoms with Crippen molar-refractivity contribution in [3.8, 4) is 11.3 Å². The predicted octanol–water partition coefficient (Wildman–Crippen LogP) is 6.60. The summed E-state index contributed by atoms with van der Waals surface area (Å²) in [7, 11) is 0. The SMILES string of the molecule is CCOC(=O)C1=C(C)N=c2s/c(=C/c3ccc(-c4ccc(Br)c(Cl)c4)o3)c(=O)n2[C@H]1c1ccc(C(C)C)cc1. The van der Waals surface area contributed by atoms with Crippen molar-refractivity contribution in [2.45, 2.75) is 39.7 Å². The van der Waals surface area contributed by atoms with Crippen LogP contribution in [0.15, 0.2) is 84.5 Å². The van der Waals surface area contributed by atoms with Crippen molar-refractivity contribution in [1.82, 2.24) is 4.57 Å². The number of hydrogen-bond donors (Lipinski definition) is 0. The second-order valence-electron chi connectivity index (χ2n) is 9.45. The van der Waals surface area contributed by atoms with Crippen LogP contribution in [0.2, 0.25) is 5.02 Å². The lowest BCUT2D eigenvalue weighted by Crippen LogP contribution is -2.39. The van der Waals surface area contributed by atoms with E-state index >= 15 is 0 Å². The number of rotatable bonds is 6. The summed E-state index contributed by atoms with van der Waals surface area (Å²) in [5.74, 6) is 1.03. The van der Waals surface area contributed by atoms with Crippen LogP contribution in [0.3, 0.4) is 0 Å². The number of esters is 1. The zero-order chi connectivity index (χ0) is 27.8. The maximum Gasteiger partial charge on any atom is 0.338 e. The molecule has 0 bridgehead atoms. The third kappa shape index (κ3) is 5.33. The number of nitrogens with zero attached hydrogens (tertiary/aromatic N) is 2. The van der Waals surface area contributed by atoms with Gasteiger partial charge in [-0.1, -0.05) is 67.1 Å². The fourth-order valence-electron chi connectivity index (χ4n) is 4.53. The second kappa shape index (κ2) is 11.1. The molecule has 4 aromatic rings. The average Bonchev–Trinajstić information content (AvgIpc) is 3.49. The molecule has 2 aromatic carbocycles. The van der Waals surface area contributed by atoms with Gasteiger partial charge in [0.25, 0.3) is 5.56 Å². The number of aromatic nitrogens is 1. The Morgan fingerprint density at radius 1 is 1.21 bits per heavy atom. The van der Waals surface area contributed by atoms with Gasteiger partial charge in [0.05, 0.1) is 33.5 Å². The van der Waals surface area contributed by atoms with E-state index in [4.69, 9.17) is 20.8 Å². The summed E-state index contributed by atoms with van der Waals surface area (Å²) in [4.78, 5) is 32.0. The number of ether oxygens (including phenoxy) is 1. The third-order valence-corrected chi connectivity index (χ3v) is 8.76. The van der Waals surface area contributed by atoms with Crippen molar-refractivity contribution in [2.75, 3.05) is 6.61 Å². The molecular formula is C30H26BrClN2O4S. The maximum absolute atomic E-state index is 13.8. The molecule has 0 spiro atoms. The van der Waals surface area contributed by atoms with Gasteiger partial charge < -0.3 is 9.15 Å². The molecule has 1 atom stereocenters. The summed E-state index contributed by atoms with van der Waals surface area (Å²) < 4.78 is 14.2. The average molecular weight is 626 g/mol. The van der Waals surface area contributed by atoms with Gasteiger partial charge in [0, 0.05) is 16.1 Å². The van der Waals surface area contributed by atoms with Crippen LogP contribution in [-0.4, -0.2) is 17.1 Å². The van der Waals surface area contributed by atoms with Crippen LogP contribution < -0.4 is 14.9 Å². The highest BCUT2D eigenvalue weighted by Gasteiger charge is 2.33. The van der Waals surface area contributed by atoms with Crippen LogP contribution in [0.1, 0.15) is 56.5 Å². The molecule has 1 aliphatic rings. The number of carbonyl (C=O) groups is 1. The van der Waals surface area contributed by atoms with Crippen molar-refractivity contribution >= 4 is 50.9 Å². The van der Waals surface area contributed by atoms with Crippen molar-refractivity contribution < 1.29 is 13.9 Å². The van der Waals surface area contributed by atoms with Gasteiger partial charge in [0.15, 0.2) is 4.80 Å². The number of fused-ring (bicyclic) bond motifs is 1. The number of thiazole rings is 1. The van der Waals surface area contributed by atoms with Crippen LogP contribution in [0.4, 0.5) is 0 Å². The van der Waals surface area contributed by atoms with E-state index in [0.29, 0.717) is 43.1 Å². The molecule has 200 valence electrons. The first-order valence-corrected chi connectivity index (χ1v) is 14.5. The first-order chi connectivity index (χ1) is 18.7. The third-order valence-electron chi connectivity index (χ3n) is 6.54. The van der Waals surface area contributed by atoms with E-state index in [9.17, 15) is 9.59 Å². The number of hydrogen-bond acceptors (Lipinski definition) is 6. The first-order valence-electron chi connectivity index (χ1n) is 12.5. The Morgan fingerprint density at radius 3 is 2.62 bits per heavy atom. The summed E-state index contributed by atoms with van der Waals surface area (Å²) >= 11 is 10.9. The van der Waals surface area contributed by atoms with Gasteiger partial charge in [-0.25, -0.2) is 9.79 Å². The maximum atomic E-state index is 13.8. The molecule has 5 rings (SSSR count). The van der Waals surface area contributed by atoms with Crippen LogP contribution in [0.5, 0.6) is 0 Å². The predicted molar refractivity (Wildman–Crippen MR) is 158 cm³/mol. The van der Waals surface area contributed by atoms with Gasteiger partial charge in [-0.15, -0.1) is 0 Å². The van der Waals surface area contributed by atoms with Crippen molar-refractivity contribution in [2.24, 2.45) is 4.99 Å². The highest BCUT2D eigenvalue weighted by Crippen LogP contribution is 2.32. The van der Waals surface area contributed by atoms with E-state index in [-0.39, 0.29) is 12.2 Å². The second-order valence-corrected chi connectivity index (χ2v) is 11.7. The number of allylic oxidation sites excluding steroid dienone is 1. The van der Waals surface area contributed by atoms with Gasteiger partial charge in [0.1, 0.15) is 11.5 Å².